The van der Waals surface area contributed by atoms with E-state index in [1.165, 1.54) is 7.11 Å². The Kier molecular flexibility index (Phi) is 6.22. The van der Waals surface area contributed by atoms with Gasteiger partial charge in [-0.3, -0.25) is 10.1 Å². The minimum atomic E-state index is -0.819. The van der Waals surface area contributed by atoms with Crippen LogP contribution in [0.2, 0.25) is 0 Å². The van der Waals surface area contributed by atoms with Gasteiger partial charge >= 0.3 is 12.1 Å². The number of carbonyl (C=O) groups excluding carboxylic acids is 1. The third kappa shape index (κ3) is 6.47. The Morgan fingerprint density at radius 2 is 1.95 bits per heavy atom. The number of carboxylic acids is 1. The summed E-state index contributed by atoms with van der Waals surface area (Å²) in [6, 6.07) is 5.36. The fourth-order valence-corrected chi connectivity index (χ4v) is 1.87. The van der Waals surface area contributed by atoms with Crippen LogP contribution in [0.25, 0.3) is 0 Å². The van der Waals surface area contributed by atoms with Gasteiger partial charge in [0.25, 0.3) is 0 Å². The van der Waals surface area contributed by atoms with Crippen LogP contribution in [0.4, 0.5) is 10.5 Å². The first-order valence-electron chi connectivity index (χ1n) is 7.10. The van der Waals surface area contributed by atoms with Crippen molar-refractivity contribution in [3.05, 3.63) is 23.8 Å². The number of carbonyl (C=O) groups is 2. The molecule has 0 fully saturated rings. The van der Waals surface area contributed by atoms with E-state index < -0.39 is 17.7 Å². The third-order valence-corrected chi connectivity index (χ3v) is 2.76. The Labute approximate surface area is 130 Å². The molecule has 0 heterocycles. The Bertz CT molecular complexity index is 534. The largest absolute Gasteiger partial charge is 0.495 e. The van der Waals surface area contributed by atoms with Gasteiger partial charge in [-0.2, -0.15) is 0 Å². The molecule has 0 aliphatic heterocycles. The SMILES string of the molecule is COc1ccc(CCCC(=O)O)cc1NC(=O)OC(C)(C)C. The number of amides is 1. The smallest absolute Gasteiger partial charge is 0.412 e. The lowest BCUT2D eigenvalue weighted by Crippen LogP contribution is -2.27. The molecule has 2 N–H and O–H groups in total. The van der Waals surface area contributed by atoms with Gasteiger partial charge in [0.2, 0.25) is 0 Å². The molecule has 0 radical (unpaired) electrons. The Balaban J connectivity index is 2.78. The van der Waals surface area contributed by atoms with Crippen molar-refractivity contribution in [1.82, 2.24) is 0 Å². The number of aliphatic carboxylic acids is 1. The maximum absolute atomic E-state index is 11.8. The highest BCUT2D eigenvalue weighted by Crippen LogP contribution is 2.26. The van der Waals surface area contributed by atoms with Crippen LogP contribution < -0.4 is 10.1 Å². The minimum absolute atomic E-state index is 0.112. The molecule has 0 aliphatic carbocycles. The predicted molar refractivity (Wildman–Crippen MR) is 83.4 cm³/mol. The summed E-state index contributed by atoms with van der Waals surface area (Å²) in [6.45, 7) is 5.35. The van der Waals surface area contributed by atoms with E-state index in [4.69, 9.17) is 14.6 Å². The van der Waals surface area contributed by atoms with Crippen molar-refractivity contribution in [2.24, 2.45) is 0 Å². The molecule has 0 aromatic heterocycles. The quantitative estimate of drug-likeness (QED) is 0.840. The molecule has 0 bridgehead atoms. The molecule has 22 heavy (non-hydrogen) atoms. The van der Waals surface area contributed by atoms with Crippen molar-refractivity contribution in [3.63, 3.8) is 0 Å². The molecule has 1 rings (SSSR count). The van der Waals surface area contributed by atoms with E-state index in [2.05, 4.69) is 5.32 Å². The lowest BCUT2D eigenvalue weighted by Gasteiger charge is -2.20. The van der Waals surface area contributed by atoms with E-state index in [-0.39, 0.29) is 6.42 Å². The first-order valence-corrected chi connectivity index (χ1v) is 7.10. The summed E-state index contributed by atoms with van der Waals surface area (Å²) in [7, 11) is 1.51. The number of carboxylic acid groups (broad SMARTS) is 1. The van der Waals surface area contributed by atoms with E-state index in [9.17, 15) is 9.59 Å². The molecule has 1 aromatic carbocycles. The average molecular weight is 309 g/mol. The Hall–Kier alpha value is -2.24. The van der Waals surface area contributed by atoms with Crippen LogP contribution in [-0.2, 0) is 16.0 Å². The topological polar surface area (TPSA) is 84.9 Å². The lowest BCUT2D eigenvalue weighted by atomic mass is 10.1. The minimum Gasteiger partial charge on any atom is -0.495 e. The first kappa shape index (κ1) is 17.8. The van der Waals surface area contributed by atoms with E-state index in [1.807, 2.05) is 6.07 Å². The summed E-state index contributed by atoms with van der Waals surface area (Å²) >= 11 is 0. The van der Waals surface area contributed by atoms with E-state index in [0.717, 1.165) is 5.56 Å². The molecule has 6 nitrogen and oxygen atoms in total. The van der Waals surface area contributed by atoms with Crippen LogP contribution in [0.3, 0.4) is 0 Å². The highest BCUT2D eigenvalue weighted by molar-refractivity contribution is 5.87. The van der Waals surface area contributed by atoms with Crippen molar-refractivity contribution in [2.75, 3.05) is 12.4 Å². The second kappa shape index (κ2) is 7.68. The van der Waals surface area contributed by atoms with E-state index in [0.29, 0.717) is 24.3 Å². The van der Waals surface area contributed by atoms with E-state index >= 15 is 0 Å². The first-order chi connectivity index (χ1) is 10.2. The fraction of sp³-hybridized carbons (Fsp3) is 0.500. The Morgan fingerprint density at radius 3 is 2.50 bits per heavy atom. The summed E-state index contributed by atoms with van der Waals surface area (Å²) in [5.74, 6) is -0.298. The van der Waals surface area contributed by atoms with Crippen LogP contribution in [0.1, 0.15) is 39.2 Å². The highest BCUT2D eigenvalue weighted by atomic mass is 16.6. The van der Waals surface area contributed by atoms with Crippen LogP contribution >= 0.6 is 0 Å². The molecule has 6 heteroatoms. The van der Waals surface area contributed by atoms with Gasteiger partial charge in [0.05, 0.1) is 12.8 Å². The second-order valence-corrected chi connectivity index (χ2v) is 5.91. The fourth-order valence-electron chi connectivity index (χ4n) is 1.87. The van der Waals surface area contributed by atoms with Gasteiger partial charge in [0.15, 0.2) is 0 Å². The van der Waals surface area contributed by atoms with Crippen molar-refractivity contribution in [2.45, 2.75) is 45.6 Å². The molecule has 0 aliphatic rings. The maximum atomic E-state index is 11.8. The number of methoxy groups -OCH3 is 1. The predicted octanol–water partition coefficient (Wildman–Crippen LogP) is 3.45. The zero-order chi connectivity index (χ0) is 16.8. The molecule has 0 saturated carbocycles. The summed E-state index contributed by atoms with van der Waals surface area (Å²) in [6.07, 6.45) is 0.696. The standard InChI is InChI=1S/C16H23NO5/c1-16(2,3)22-15(20)17-12-10-11(6-5-7-14(18)19)8-9-13(12)21-4/h8-10H,5-7H2,1-4H3,(H,17,20)(H,18,19). The molecule has 122 valence electrons. The molecule has 0 unspecified atom stereocenters. The van der Waals surface area contributed by atoms with Crippen LogP contribution in [0.15, 0.2) is 18.2 Å². The number of nitrogens with one attached hydrogen (secondary N) is 1. The zero-order valence-electron chi connectivity index (χ0n) is 13.4. The van der Waals surface area contributed by atoms with Gasteiger partial charge < -0.3 is 14.6 Å². The lowest BCUT2D eigenvalue weighted by molar-refractivity contribution is -0.137. The highest BCUT2D eigenvalue weighted by Gasteiger charge is 2.17. The molecule has 1 aromatic rings. The second-order valence-electron chi connectivity index (χ2n) is 5.91. The summed E-state index contributed by atoms with van der Waals surface area (Å²) in [5.41, 5.74) is 0.842. The summed E-state index contributed by atoms with van der Waals surface area (Å²) < 4.78 is 10.4. The van der Waals surface area contributed by atoms with Crippen LogP contribution in [0.5, 0.6) is 5.75 Å². The van der Waals surface area contributed by atoms with E-state index in [1.54, 1.807) is 32.9 Å². The van der Waals surface area contributed by atoms with Gasteiger partial charge in [-0.1, -0.05) is 6.07 Å². The van der Waals surface area contributed by atoms with Gasteiger partial charge in [0, 0.05) is 6.42 Å². The summed E-state index contributed by atoms with van der Waals surface area (Å²) in [4.78, 5) is 22.4. The number of ether oxygens (including phenoxy) is 2. The number of rotatable bonds is 6. The van der Waals surface area contributed by atoms with Crippen LogP contribution in [-0.4, -0.2) is 29.9 Å². The molecular formula is C16H23NO5. The van der Waals surface area contributed by atoms with Crippen molar-refractivity contribution < 1.29 is 24.2 Å². The number of anilines is 1. The van der Waals surface area contributed by atoms with Crippen molar-refractivity contribution >= 4 is 17.7 Å². The average Bonchev–Trinajstić information content (AvgIpc) is 2.36. The normalized spacial score (nSPS) is 10.9. The molecule has 1 amide bonds. The summed E-state index contributed by atoms with van der Waals surface area (Å²) in [5, 5.41) is 11.3. The van der Waals surface area contributed by atoms with Gasteiger partial charge in [0.1, 0.15) is 11.4 Å². The molecule has 0 saturated heterocycles. The molecule has 0 atom stereocenters. The van der Waals surface area contributed by atoms with Gasteiger partial charge in [-0.25, -0.2) is 4.79 Å². The number of hydrogen-bond acceptors (Lipinski definition) is 4. The monoisotopic (exact) mass is 309 g/mol. The van der Waals surface area contributed by atoms with Crippen LogP contribution in [0, 0.1) is 0 Å². The Morgan fingerprint density at radius 1 is 1.27 bits per heavy atom. The number of aryl methyl sites for hydroxylation is 1. The van der Waals surface area contributed by atoms with Crippen molar-refractivity contribution in [1.29, 1.82) is 0 Å². The zero-order valence-corrected chi connectivity index (χ0v) is 13.4. The number of benzene rings is 1. The van der Waals surface area contributed by atoms with Gasteiger partial charge in [-0.05, 0) is 51.3 Å². The molecular weight excluding hydrogens is 286 g/mol. The number of hydrogen-bond donors (Lipinski definition) is 2. The van der Waals surface area contributed by atoms with Gasteiger partial charge in [-0.15, -0.1) is 0 Å². The third-order valence-electron chi connectivity index (χ3n) is 2.76. The molecule has 0 spiro atoms. The van der Waals surface area contributed by atoms with Crippen molar-refractivity contribution in [3.8, 4) is 5.75 Å². The maximum Gasteiger partial charge on any atom is 0.412 e.